The van der Waals surface area contributed by atoms with Crippen molar-refractivity contribution in [3.05, 3.63) is 0 Å². The Morgan fingerprint density at radius 2 is 1.25 bits per heavy atom. The molecule has 6 heteroatoms. The van der Waals surface area contributed by atoms with Crippen molar-refractivity contribution in [3.63, 3.8) is 0 Å². The van der Waals surface area contributed by atoms with E-state index in [0.717, 1.165) is 0 Å². The van der Waals surface area contributed by atoms with Gasteiger partial charge in [-0.05, 0) is 38.4 Å². The highest BCUT2D eigenvalue weighted by Gasteiger charge is 2.21. The van der Waals surface area contributed by atoms with Gasteiger partial charge in [0.1, 0.15) is 0 Å². The molecule has 0 saturated carbocycles. The predicted molar refractivity (Wildman–Crippen MR) is 47.8 cm³/mol. The van der Waals surface area contributed by atoms with Crippen LogP contribution < -0.4 is 0 Å². The van der Waals surface area contributed by atoms with Crippen molar-refractivity contribution in [3.8, 4) is 0 Å². The molecule has 0 aromatic carbocycles. The van der Waals surface area contributed by atoms with Crippen LogP contribution in [0.5, 0.6) is 0 Å². The van der Waals surface area contributed by atoms with Gasteiger partial charge in [0.05, 0.1) is 0 Å². The van der Waals surface area contributed by atoms with Crippen LogP contribution in [0.4, 0.5) is 0 Å². The van der Waals surface area contributed by atoms with Gasteiger partial charge in [-0.3, -0.25) is 0 Å². The average Bonchev–Trinajstić information content (AvgIpc) is 1.27. The van der Waals surface area contributed by atoms with Gasteiger partial charge in [0, 0.05) is 6.26 Å². The Kier molecular flexibility index (Phi) is 2.86. The van der Waals surface area contributed by atoms with Crippen molar-refractivity contribution in [1.29, 1.82) is 0 Å². The molecule has 0 N–H and O–H groups in total. The molecule has 0 heterocycles. The summed E-state index contributed by atoms with van der Waals surface area (Å²) in [7, 11) is 16.4. The van der Waals surface area contributed by atoms with Gasteiger partial charge in [-0.1, -0.05) is 23.2 Å². The maximum absolute atomic E-state index is 5.46. The SMILES string of the molecule is CS(Cl)(Cl)(Cl)=C(Cl)Cl. The van der Waals surface area contributed by atoms with Gasteiger partial charge in [-0.2, -0.15) is 0 Å². The van der Waals surface area contributed by atoms with Crippen LogP contribution in [-0.2, 0) is 0 Å². The van der Waals surface area contributed by atoms with Crippen molar-refractivity contribution in [1.82, 2.24) is 0 Å². The van der Waals surface area contributed by atoms with Crippen molar-refractivity contribution < 1.29 is 0 Å². The molecule has 0 unspecified atom stereocenters. The first-order chi connectivity index (χ1) is 3.20. The van der Waals surface area contributed by atoms with Crippen LogP contribution in [0.1, 0.15) is 0 Å². The van der Waals surface area contributed by atoms with Gasteiger partial charge in [-0.25, -0.2) is 0 Å². The van der Waals surface area contributed by atoms with E-state index in [0.29, 0.717) is 0 Å². The maximum atomic E-state index is 5.46. The Balaban J connectivity index is 4.92. The second kappa shape index (κ2) is 2.37. The molecule has 0 atom stereocenters. The largest absolute Gasteiger partial charge is 0.152 e. The first-order valence-electron chi connectivity index (χ1n) is 1.45. The summed E-state index contributed by atoms with van der Waals surface area (Å²) in [5, 5.41) is 0. The molecule has 0 saturated heterocycles. The lowest BCUT2D eigenvalue weighted by Crippen LogP contribution is -1.82. The molecule has 0 bridgehead atoms. The lowest BCUT2D eigenvalue weighted by Gasteiger charge is -2.20. The zero-order valence-corrected chi connectivity index (χ0v) is 8.39. The summed E-state index contributed by atoms with van der Waals surface area (Å²) in [4.78, 5) is 0. The monoisotopic (exact) mass is 234 g/mol. The molecule has 0 fully saturated rings. The number of hydrogen-bond donors (Lipinski definition) is 0. The fourth-order valence-electron chi connectivity index (χ4n) is 0. The molecule has 8 heavy (non-hydrogen) atoms. The number of rotatable bonds is 0. The first kappa shape index (κ1) is 9.67. The molecule has 0 aromatic heterocycles. The zero-order valence-electron chi connectivity index (χ0n) is 3.80. The van der Waals surface area contributed by atoms with Crippen molar-refractivity contribution in [2.45, 2.75) is 0 Å². The molecule has 0 aliphatic heterocycles. The van der Waals surface area contributed by atoms with Crippen LogP contribution in [0.3, 0.4) is 0 Å². The van der Waals surface area contributed by atoms with Gasteiger partial charge in [0.25, 0.3) is 0 Å². The summed E-state index contributed by atoms with van der Waals surface area (Å²) in [5.74, 6) is 0. The fraction of sp³-hybridized carbons (Fsp3) is 0.500. The van der Waals surface area contributed by atoms with E-state index in [-0.39, 0.29) is 3.78 Å². The summed E-state index contributed by atoms with van der Waals surface area (Å²) in [6.07, 6.45) is -1.71. The topological polar surface area (TPSA) is 0 Å². The molecule has 0 aliphatic carbocycles. The third-order valence-corrected chi connectivity index (χ3v) is 6.11. The summed E-state index contributed by atoms with van der Waals surface area (Å²) in [6.45, 7) is 0. The van der Waals surface area contributed by atoms with E-state index in [1.54, 1.807) is 0 Å². The molecule has 0 amide bonds. The van der Waals surface area contributed by atoms with E-state index in [1.165, 1.54) is 6.26 Å². The summed E-state index contributed by atoms with van der Waals surface area (Å²) >= 11 is 10.5. The molecule has 0 aliphatic rings. The molecule has 0 spiro atoms. The standard InChI is InChI=1S/C2H3Cl5S/c1-8(5,6,7)2(3)4/h1H3. The quantitative estimate of drug-likeness (QED) is 0.441. The average molecular weight is 236 g/mol. The highest BCUT2D eigenvalue weighted by molar-refractivity contribution is 8.90. The minimum atomic E-state index is -3.10. The second-order valence-electron chi connectivity index (χ2n) is 1.30. The van der Waals surface area contributed by atoms with Crippen LogP contribution in [0.25, 0.3) is 0 Å². The van der Waals surface area contributed by atoms with Gasteiger partial charge >= 0.3 is 0 Å². The Morgan fingerprint density at radius 1 is 1.12 bits per heavy atom. The van der Waals surface area contributed by atoms with Gasteiger partial charge in [0.2, 0.25) is 0 Å². The third-order valence-electron chi connectivity index (χ3n) is 0.329. The van der Waals surface area contributed by atoms with Crippen molar-refractivity contribution >= 4 is 65.4 Å². The van der Waals surface area contributed by atoms with E-state index < -0.39 is 6.39 Å². The van der Waals surface area contributed by atoms with E-state index >= 15 is 0 Å². The Morgan fingerprint density at radius 3 is 1.25 bits per heavy atom. The van der Waals surface area contributed by atoms with Gasteiger partial charge < -0.3 is 0 Å². The highest BCUT2D eigenvalue weighted by Crippen LogP contribution is 2.72. The van der Waals surface area contributed by atoms with E-state index in [2.05, 4.69) is 0 Å². The summed E-state index contributed by atoms with van der Waals surface area (Å²) in [5.41, 5.74) is 0. The zero-order chi connectivity index (χ0) is 7.02. The first-order valence-corrected chi connectivity index (χ1v) is 7.14. The molecular weight excluding hydrogens is 233 g/mol. The number of halogens is 5. The molecule has 0 aromatic rings. The minimum absolute atomic E-state index is 0.174. The smallest absolute Gasteiger partial charge is 0.0621 e. The van der Waals surface area contributed by atoms with E-state index in [4.69, 9.17) is 55.2 Å². The number of hydrogen-bond acceptors (Lipinski definition) is 0. The lowest BCUT2D eigenvalue weighted by atomic mass is 11.9. The Labute approximate surface area is 71.4 Å². The van der Waals surface area contributed by atoms with Crippen LogP contribution in [0.2, 0.25) is 0 Å². The van der Waals surface area contributed by atoms with E-state index in [9.17, 15) is 0 Å². The Bertz CT molecular complexity index is 136. The lowest BCUT2D eigenvalue weighted by molar-refractivity contribution is 2.50. The predicted octanol–water partition coefficient (Wildman–Crippen LogP) is 3.98. The normalized spacial score (nSPS) is 17.0. The molecule has 0 radical (unpaired) electrons. The summed E-state index contributed by atoms with van der Waals surface area (Å²) in [6, 6.07) is 0. The molecular formula is C2H3Cl5S. The fourth-order valence-corrected chi connectivity index (χ4v) is 0. The highest BCUT2D eigenvalue weighted by atomic mass is 36.2. The van der Waals surface area contributed by atoms with Gasteiger partial charge in [-0.15, -0.1) is 0 Å². The van der Waals surface area contributed by atoms with Crippen LogP contribution in [-0.4, -0.2) is 10.0 Å². The second-order valence-corrected chi connectivity index (χ2v) is 13.6. The molecule has 0 nitrogen and oxygen atoms in total. The molecule has 52 valence electrons. The van der Waals surface area contributed by atoms with Crippen molar-refractivity contribution in [2.24, 2.45) is 0 Å². The van der Waals surface area contributed by atoms with Crippen molar-refractivity contribution in [2.75, 3.05) is 6.26 Å². The maximum Gasteiger partial charge on any atom is 0.152 e. The van der Waals surface area contributed by atoms with Crippen LogP contribution >= 0.6 is 61.6 Å². The van der Waals surface area contributed by atoms with Gasteiger partial charge in [0.15, 0.2) is 3.78 Å². The third kappa shape index (κ3) is 3.65. The van der Waals surface area contributed by atoms with Crippen LogP contribution in [0.15, 0.2) is 0 Å². The van der Waals surface area contributed by atoms with Crippen LogP contribution in [0, 0.1) is 0 Å². The minimum Gasteiger partial charge on any atom is -0.0621 e. The Hall–Kier alpha value is 1.67. The summed E-state index contributed by atoms with van der Waals surface area (Å²) < 4.78 is -0.174. The molecule has 0 rings (SSSR count). The van der Waals surface area contributed by atoms with E-state index in [1.807, 2.05) is 0 Å².